The predicted molar refractivity (Wildman–Crippen MR) is 117 cm³/mol. The van der Waals surface area contributed by atoms with Crippen LogP contribution in [0.25, 0.3) is 0 Å². The number of fused-ring (bicyclic) bond motifs is 1. The van der Waals surface area contributed by atoms with Crippen molar-refractivity contribution in [1.29, 1.82) is 0 Å². The van der Waals surface area contributed by atoms with Crippen LogP contribution in [0.2, 0.25) is 0 Å². The molecule has 0 aromatic rings. The van der Waals surface area contributed by atoms with Gasteiger partial charge in [0.15, 0.2) is 6.10 Å². The van der Waals surface area contributed by atoms with E-state index in [0.29, 0.717) is 44.8 Å². The third kappa shape index (κ3) is 5.62. The van der Waals surface area contributed by atoms with Crippen molar-refractivity contribution in [2.75, 3.05) is 13.2 Å². The van der Waals surface area contributed by atoms with Gasteiger partial charge in [-0.2, -0.15) is 0 Å². The van der Waals surface area contributed by atoms with Crippen LogP contribution < -0.4 is 0 Å². The number of ether oxygens (including phenoxy) is 4. The monoisotopic (exact) mass is 438 g/mol. The normalized spacial score (nSPS) is 33.7. The topological polar surface area (TPSA) is 71.1 Å². The Hall–Kier alpha value is -1.14. The highest BCUT2D eigenvalue weighted by atomic mass is 16.6. The molecule has 0 radical (unpaired) electrons. The summed E-state index contributed by atoms with van der Waals surface area (Å²) >= 11 is 0. The minimum absolute atomic E-state index is 0.00438. The summed E-state index contributed by atoms with van der Waals surface area (Å²) in [5.74, 6) is -0.245. The molecular weight excluding hydrogens is 396 g/mol. The Morgan fingerprint density at radius 1 is 0.871 bits per heavy atom. The van der Waals surface area contributed by atoms with Crippen molar-refractivity contribution in [3.05, 3.63) is 0 Å². The summed E-state index contributed by atoms with van der Waals surface area (Å²) in [7, 11) is 0. The largest absolute Gasteiger partial charge is 0.459 e. The third-order valence-corrected chi connectivity index (χ3v) is 7.81. The molecule has 2 saturated heterocycles. The van der Waals surface area contributed by atoms with Crippen molar-refractivity contribution in [3.8, 4) is 0 Å². The van der Waals surface area contributed by atoms with Crippen LogP contribution in [0, 0.1) is 23.2 Å². The van der Waals surface area contributed by atoms with E-state index in [-0.39, 0.29) is 47.5 Å². The molecule has 3 rings (SSSR count). The standard InChI is InChI=1S/C25H42O6/c1-7-13-25(5,6)31-23(27)17-11-9-16(10-12-17)22(26)30-19-15-29-20-18(14-28-21(19)20)24(3,4)8-2/h16-21H,7-15H2,1-6H3. The second kappa shape index (κ2) is 9.78. The molecule has 4 atom stereocenters. The molecule has 178 valence electrons. The highest BCUT2D eigenvalue weighted by molar-refractivity contribution is 5.75. The molecule has 3 aliphatic rings. The van der Waals surface area contributed by atoms with Gasteiger partial charge in [0.25, 0.3) is 0 Å². The van der Waals surface area contributed by atoms with Crippen LogP contribution in [0.15, 0.2) is 0 Å². The average molecular weight is 439 g/mol. The molecule has 0 aromatic carbocycles. The molecule has 31 heavy (non-hydrogen) atoms. The molecule has 6 nitrogen and oxygen atoms in total. The van der Waals surface area contributed by atoms with E-state index in [1.807, 2.05) is 13.8 Å². The van der Waals surface area contributed by atoms with E-state index in [0.717, 1.165) is 19.3 Å². The van der Waals surface area contributed by atoms with Gasteiger partial charge in [0.05, 0.1) is 31.2 Å². The fraction of sp³-hybridized carbons (Fsp3) is 0.920. The fourth-order valence-corrected chi connectivity index (χ4v) is 5.32. The lowest BCUT2D eigenvalue weighted by Gasteiger charge is -2.32. The van der Waals surface area contributed by atoms with Crippen LogP contribution >= 0.6 is 0 Å². The summed E-state index contributed by atoms with van der Waals surface area (Å²) < 4.78 is 23.6. The molecule has 3 fully saturated rings. The zero-order chi connectivity index (χ0) is 22.8. The van der Waals surface area contributed by atoms with Crippen LogP contribution in [0.3, 0.4) is 0 Å². The summed E-state index contributed by atoms with van der Waals surface area (Å²) in [5, 5.41) is 0. The van der Waals surface area contributed by atoms with Crippen molar-refractivity contribution >= 4 is 11.9 Å². The van der Waals surface area contributed by atoms with E-state index < -0.39 is 5.60 Å². The molecule has 2 heterocycles. The van der Waals surface area contributed by atoms with Crippen molar-refractivity contribution in [3.63, 3.8) is 0 Å². The van der Waals surface area contributed by atoms with Gasteiger partial charge in [0, 0.05) is 5.92 Å². The Morgan fingerprint density at radius 3 is 2.03 bits per heavy atom. The zero-order valence-electron chi connectivity index (χ0n) is 20.3. The summed E-state index contributed by atoms with van der Waals surface area (Å²) in [6.07, 6.45) is 5.09. The highest BCUT2D eigenvalue weighted by Gasteiger charge is 2.53. The third-order valence-electron chi connectivity index (χ3n) is 7.81. The minimum Gasteiger partial charge on any atom is -0.459 e. The van der Waals surface area contributed by atoms with Crippen molar-refractivity contribution in [2.45, 2.75) is 110 Å². The molecule has 1 aliphatic carbocycles. The molecular formula is C25H42O6. The van der Waals surface area contributed by atoms with Gasteiger partial charge in [-0.15, -0.1) is 0 Å². The van der Waals surface area contributed by atoms with Crippen molar-refractivity contribution < 1.29 is 28.5 Å². The predicted octanol–water partition coefficient (Wildman–Crippen LogP) is 4.68. The van der Waals surface area contributed by atoms with Crippen molar-refractivity contribution in [1.82, 2.24) is 0 Å². The molecule has 0 amide bonds. The number of hydrogen-bond acceptors (Lipinski definition) is 6. The number of hydrogen-bond donors (Lipinski definition) is 0. The Morgan fingerprint density at radius 2 is 1.45 bits per heavy atom. The molecule has 0 spiro atoms. The summed E-state index contributed by atoms with van der Waals surface area (Å²) in [6, 6.07) is 0. The van der Waals surface area contributed by atoms with Gasteiger partial charge in [0.1, 0.15) is 11.7 Å². The molecule has 1 saturated carbocycles. The van der Waals surface area contributed by atoms with Gasteiger partial charge >= 0.3 is 11.9 Å². The lowest BCUT2D eigenvalue weighted by Crippen LogP contribution is -2.38. The maximum atomic E-state index is 12.8. The summed E-state index contributed by atoms with van der Waals surface area (Å²) in [4.78, 5) is 25.4. The lowest BCUT2D eigenvalue weighted by molar-refractivity contribution is -0.167. The molecule has 0 aromatic heterocycles. The van der Waals surface area contributed by atoms with E-state index in [2.05, 4.69) is 27.7 Å². The van der Waals surface area contributed by atoms with E-state index in [9.17, 15) is 9.59 Å². The summed E-state index contributed by atoms with van der Waals surface area (Å²) in [6.45, 7) is 13.8. The molecule has 0 N–H and O–H groups in total. The molecule has 4 unspecified atom stereocenters. The average Bonchev–Trinajstić information content (AvgIpc) is 3.31. The van der Waals surface area contributed by atoms with Gasteiger partial charge in [-0.25, -0.2) is 0 Å². The number of carbonyl (C=O) groups excluding carboxylic acids is 2. The number of carbonyl (C=O) groups is 2. The van der Waals surface area contributed by atoms with Crippen LogP contribution in [-0.2, 0) is 28.5 Å². The van der Waals surface area contributed by atoms with Crippen LogP contribution in [0.5, 0.6) is 0 Å². The molecule has 2 aliphatic heterocycles. The van der Waals surface area contributed by atoms with Gasteiger partial charge < -0.3 is 18.9 Å². The summed E-state index contributed by atoms with van der Waals surface area (Å²) in [5.41, 5.74) is -0.289. The van der Waals surface area contributed by atoms with E-state index in [1.165, 1.54) is 0 Å². The lowest BCUT2D eigenvalue weighted by atomic mass is 9.74. The van der Waals surface area contributed by atoms with Gasteiger partial charge in [-0.1, -0.05) is 40.5 Å². The van der Waals surface area contributed by atoms with E-state index in [1.54, 1.807) is 0 Å². The fourth-order valence-electron chi connectivity index (χ4n) is 5.32. The van der Waals surface area contributed by atoms with Gasteiger partial charge in [0.2, 0.25) is 0 Å². The maximum Gasteiger partial charge on any atom is 0.309 e. The van der Waals surface area contributed by atoms with E-state index in [4.69, 9.17) is 18.9 Å². The van der Waals surface area contributed by atoms with Crippen LogP contribution in [0.4, 0.5) is 0 Å². The quantitative estimate of drug-likeness (QED) is 0.513. The second-order valence-corrected chi connectivity index (χ2v) is 11.0. The minimum atomic E-state index is -0.424. The SMILES string of the molecule is CCCC(C)(C)OC(=O)C1CCC(C(=O)OC2COC3C2OCC3C(C)(C)CC)CC1. The Kier molecular flexibility index (Phi) is 7.73. The first-order chi connectivity index (χ1) is 14.6. The van der Waals surface area contributed by atoms with Gasteiger partial charge in [-0.05, 0) is 51.4 Å². The maximum absolute atomic E-state index is 12.8. The molecule has 0 bridgehead atoms. The van der Waals surface area contributed by atoms with Crippen LogP contribution in [-0.4, -0.2) is 49.1 Å². The first-order valence-electron chi connectivity index (χ1n) is 12.2. The van der Waals surface area contributed by atoms with Crippen LogP contribution in [0.1, 0.15) is 86.5 Å². The van der Waals surface area contributed by atoms with Crippen molar-refractivity contribution in [2.24, 2.45) is 23.2 Å². The second-order valence-electron chi connectivity index (χ2n) is 11.0. The Labute approximate surface area is 187 Å². The highest BCUT2D eigenvalue weighted by Crippen LogP contribution is 2.44. The Balaban J connectivity index is 1.46. The van der Waals surface area contributed by atoms with E-state index >= 15 is 0 Å². The Bertz CT molecular complexity index is 634. The zero-order valence-corrected chi connectivity index (χ0v) is 20.3. The number of rotatable bonds is 8. The molecule has 6 heteroatoms. The first-order valence-corrected chi connectivity index (χ1v) is 12.2. The smallest absolute Gasteiger partial charge is 0.309 e. The van der Waals surface area contributed by atoms with Gasteiger partial charge in [-0.3, -0.25) is 9.59 Å². The first kappa shape index (κ1) is 24.5. The number of esters is 2.